The number of benzene rings is 2. The molecule has 0 fully saturated rings. The van der Waals surface area contributed by atoms with Gasteiger partial charge in [-0.2, -0.15) is 0 Å². The van der Waals surface area contributed by atoms with Gasteiger partial charge in [-0.05, 0) is 22.6 Å². The van der Waals surface area contributed by atoms with Crippen molar-refractivity contribution in [1.29, 1.82) is 0 Å². The fraction of sp³-hybridized carbons (Fsp3) is 0.235. The fourth-order valence-electron chi connectivity index (χ4n) is 1.81. The van der Waals surface area contributed by atoms with Gasteiger partial charge in [0.1, 0.15) is 0 Å². The maximum absolute atomic E-state index is 5.45. The molecule has 0 aromatic heterocycles. The van der Waals surface area contributed by atoms with Crippen LogP contribution in [0.25, 0.3) is 0 Å². The first-order chi connectivity index (χ1) is 9.16. The number of rotatable bonds is 4. The summed E-state index contributed by atoms with van der Waals surface area (Å²) in [6, 6.07) is 19.0. The Balaban J connectivity index is 1.94. The van der Waals surface area contributed by atoms with Crippen molar-refractivity contribution in [3.63, 3.8) is 0 Å². The van der Waals surface area contributed by atoms with Gasteiger partial charge in [0, 0.05) is 5.75 Å². The van der Waals surface area contributed by atoms with E-state index < -0.39 is 0 Å². The van der Waals surface area contributed by atoms with Crippen molar-refractivity contribution in [1.82, 2.24) is 0 Å². The zero-order valence-electron chi connectivity index (χ0n) is 11.3. The quantitative estimate of drug-likeness (QED) is 0.688. The van der Waals surface area contributed by atoms with E-state index in [4.69, 9.17) is 12.2 Å². The largest absolute Gasteiger partial charge is 0.109 e. The van der Waals surface area contributed by atoms with Crippen molar-refractivity contribution in [3.8, 4) is 0 Å². The molecule has 0 unspecified atom stereocenters. The van der Waals surface area contributed by atoms with Gasteiger partial charge < -0.3 is 0 Å². The maximum Gasteiger partial charge on any atom is 0.0781 e. The van der Waals surface area contributed by atoms with E-state index >= 15 is 0 Å². The molecule has 0 amide bonds. The highest BCUT2D eigenvalue weighted by atomic mass is 32.2. The Kier molecular flexibility index (Phi) is 5.17. The molecule has 19 heavy (non-hydrogen) atoms. The lowest BCUT2D eigenvalue weighted by atomic mass is 10.0. The molecule has 0 radical (unpaired) electrons. The van der Waals surface area contributed by atoms with Crippen molar-refractivity contribution in [3.05, 3.63) is 71.3 Å². The van der Waals surface area contributed by atoms with Gasteiger partial charge in [0.25, 0.3) is 0 Å². The Hall–Kier alpha value is -1.12. The second kappa shape index (κ2) is 6.88. The third kappa shape index (κ3) is 4.19. The molecule has 0 aliphatic rings. The molecule has 0 atom stereocenters. The lowest BCUT2D eigenvalue weighted by molar-refractivity contribution is 0.866. The SMILES string of the molecule is CC(C)c1ccc(CSC(=S)c2ccccc2)cc1. The Bertz CT molecular complexity index is 527. The van der Waals surface area contributed by atoms with Crippen LogP contribution in [-0.2, 0) is 5.75 Å². The van der Waals surface area contributed by atoms with E-state index in [1.54, 1.807) is 11.8 Å². The van der Waals surface area contributed by atoms with E-state index in [2.05, 4.69) is 50.2 Å². The molecule has 0 aliphatic carbocycles. The van der Waals surface area contributed by atoms with Gasteiger partial charge >= 0.3 is 0 Å². The van der Waals surface area contributed by atoms with Crippen LogP contribution >= 0.6 is 24.0 Å². The monoisotopic (exact) mass is 286 g/mol. The molecule has 0 nitrogen and oxygen atoms in total. The molecule has 2 aromatic rings. The molecule has 0 aliphatic heterocycles. The van der Waals surface area contributed by atoms with Gasteiger partial charge in [-0.15, -0.1) is 11.8 Å². The van der Waals surface area contributed by atoms with Gasteiger partial charge in [0.2, 0.25) is 0 Å². The van der Waals surface area contributed by atoms with Crippen LogP contribution in [0.5, 0.6) is 0 Å². The summed E-state index contributed by atoms with van der Waals surface area (Å²) in [6.07, 6.45) is 0. The molecular formula is C17H18S2. The average Bonchev–Trinajstić information content (AvgIpc) is 2.46. The molecule has 2 rings (SSSR count). The van der Waals surface area contributed by atoms with Crippen molar-refractivity contribution in [2.75, 3.05) is 0 Å². The lowest BCUT2D eigenvalue weighted by Crippen LogP contribution is -1.93. The Morgan fingerprint density at radius 1 is 1.00 bits per heavy atom. The average molecular weight is 286 g/mol. The molecule has 0 heterocycles. The first-order valence-electron chi connectivity index (χ1n) is 6.48. The summed E-state index contributed by atoms with van der Waals surface area (Å²) in [5.41, 5.74) is 3.85. The molecule has 0 spiro atoms. The Labute approximate surface area is 125 Å². The van der Waals surface area contributed by atoms with Gasteiger partial charge in [0.15, 0.2) is 0 Å². The predicted octanol–water partition coefficient (Wildman–Crippen LogP) is 5.42. The second-order valence-corrected chi connectivity index (χ2v) is 6.49. The molecule has 0 N–H and O–H groups in total. The highest BCUT2D eigenvalue weighted by Gasteiger charge is 2.03. The molecule has 0 saturated heterocycles. The van der Waals surface area contributed by atoms with E-state index in [1.165, 1.54) is 11.1 Å². The first kappa shape index (κ1) is 14.3. The minimum Gasteiger partial charge on any atom is -0.109 e. The smallest absolute Gasteiger partial charge is 0.0781 e. The summed E-state index contributed by atoms with van der Waals surface area (Å²) in [5.74, 6) is 1.53. The minimum absolute atomic E-state index is 0.590. The van der Waals surface area contributed by atoms with Crippen LogP contribution in [0.3, 0.4) is 0 Å². The third-order valence-electron chi connectivity index (χ3n) is 3.03. The van der Waals surface area contributed by atoms with E-state index in [1.807, 2.05) is 18.2 Å². The Morgan fingerprint density at radius 2 is 1.63 bits per heavy atom. The summed E-state index contributed by atoms with van der Waals surface area (Å²) in [5, 5.41) is 0. The first-order valence-corrected chi connectivity index (χ1v) is 7.87. The van der Waals surface area contributed by atoms with Crippen LogP contribution in [-0.4, -0.2) is 4.20 Å². The van der Waals surface area contributed by atoms with Gasteiger partial charge in [-0.25, -0.2) is 0 Å². The van der Waals surface area contributed by atoms with Gasteiger partial charge in [0.05, 0.1) is 4.20 Å². The standard InChI is InChI=1S/C17H18S2/c1-13(2)15-10-8-14(9-11-15)12-19-17(18)16-6-4-3-5-7-16/h3-11,13H,12H2,1-2H3. The Morgan fingerprint density at radius 3 is 2.21 bits per heavy atom. The van der Waals surface area contributed by atoms with Crippen LogP contribution < -0.4 is 0 Å². The fourth-order valence-corrected chi connectivity index (χ4v) is 2.91. The lowest BCUT2D eigenvalue weighted by Gasteiger charge is -2.07. The molecule has 2 aromatic carbocycles. The van der Waals surface area contributed by atoms with Crippen LogP contribution in [0.4, 0.5) is 0 Å². The third-order valence-corrected chi connectivity index (χ3v) is 4.59. The van der Waals surface area contributed by atoms with Crippen molar-refractivity contribution in [2.45, 2.75) is 25.5 Å². The normalized spacial score (nSPS) is 10.7. The summed E-state index contributed by atoms with van der Waals surface area (Å²) in [6.45, 7) is 4.43. The highest BCUT2D eigenvalue weighted by molar-refractivity contribution is 8.23. The van der Waals surface area contributed by atoms with Crippen LogP contribution in [0, 0.1) is 0 Å². The van der Waals surface area contributed by atoms with Crippen molar-refractivity contribution >= 4 is 28.2 Å². The predicted molar refractivity (Wildman–Crippen MR) is 90.0 cm³/mol. The van der Waals surface area contributed by atoms with E-state index in [0.717, 1.165) is 15.5 Å². The highest BCUT2D eigenvalue weighted by Crippen LogP contribution is 2.21. The molecular weight excluding hydrogens is 268 g/mol. The molecule has 2 heteroatoms. The number of thioether (sulfide) groups is 1. The zero-order valence-corrected chi connectivity index (χ0v) is 12.9. The van der Waals surface area contributed by atoms with Crippen molar-refractivity contribution < 1.29 is 0 Å². The minimum atomic E-state index is 0.590. The molecule has 0 saturated carbocycles. The van der Waals surface area contributed by atoms with E-state index in [9.17, 15) is 0 Å². The van der Waals surface area contributed by atoms with E-state index in [0.29, 0.717) is 5.92 Å². The zero-order chi connectivity index (χ0) is 13.7. The van der Waals surface area contributed by atoms with Crippen LogP contribution in [0.2, 0.25) is 0 Å². The number of hydrogen-bond acceptors (Lipinski definition) is 2. The van der Waals surface area contributed by atoms with E-state index in [-0.39, 0.29) is 0 Å². The van der Waals surface area contributed by atoms with Crippen molar-refractivity contribution in [2.24, 2.45) is 0 Å². The van der Waals surface area contributed by atoms with Crippen LogP contribution in [0.15, 0.2) is 54.6 Å². The van der Waals surface area contributed by atoms with Gasteiger partial charge in [-0.1, -0.05) is 80.7 Å². The summed E-state index contributed by atoms with van der Waals surface area (Å²) in [7, 11) is 0. The molecule has 98 valence electrons. The second-order valence-electron chi connectivity index (χ2n) is 4.84. The summed E-state index contributed by atoms with van der Waals surface area (Å²) in [4.78, 5) is 0. The summed E-state index contributed by atoms with van der Waals surface area (Å²) < 4.78 is 0.966. The molecule has 0 bridgehead atoms. The topological polar surface area (TPSA) is 0 Å². The van der Waals surface area contributed by atoms with Gasteiger partial charge in [-0.3, -0.25) is 0 Å². The maximum atomic E-state index is 5.45. The number of hydrogen-bond donors (Lipinski definition) is 0. The number of thiocarbonyl (C=S) groups is 1. The van der Waals surface area contributed by atoms with Crippen LogP contribution in [0.1, 0.15) is 36.5 Å². The summed E-state index contributed by atoms with van der Waals surface area (Å²) >= 11 is 7.18.